The Morgan fingerprint density at radius 2 is 0.228 bits per heavy atom. The van der Waals surface area contributed by atoms with Gasteiger partial charge in [0.25, 0.3) is 0 Å². The SMILES string of the molecule is OCCCOCCCOCCCOCCCOCCCOCCCOCCCOCCCOCCCOCCCOCCCOCCCOCCCOCCCO. The summed E-state index contributed by atoms with van der Waals surface area (Å²) in [5.41, 5.74) is 0. The molecule has 0 aliphatic carbocycles. The zero-order valence-electron chi connectivity index (χ0n) is 35.9. The Labute approximate surface area is 346 Å². The van der Waals surface area contributed by atoms with Crippen molar-refractivity contribution in [2.24, 2.45) is 0 Å². The Bertz CT molecular complexity index is 629. The molecule has 0 bridgehead atoms. The maximum atomic E-state index is 8.68. The summed E-state index contributed by atoms with van der Waals surface area (Å²) in [6.07, 6.45) is 12.0. The van der Waals surface area contributed by atoms with E-state index in [1.807, 2.05) is 0 Å². The molecule has 0 unspecified atom stereocenters. The third kappa shape index (κ3) is 55.4. The highest BCUT2D eigenvalue weighted by atomic mass is 16.5. The van der Waals surface area contributed by atoms with E-state index in [-0.39, 0.29) is 13.2 Å². The van der Waals surface area contributed by atoms with Gasteiger partial charge in [-0.2, -0.15) is 0 Å². The lowest BCUT2D eigenvalue weighted by atomic mass is 10.4. The molecule has 0 aromatic carbocycles. The molecule has 0 aliphatic heterocycles. The molecule has 0 aromatic heterocycles. The van der Waals surface area contributed by atoms with Gasteiger partial charge in [0.15, 0.2) is 0 Å². The molecule has 2 N–H and O–H groups in total. The largest absolute Gasteiger partial charge is 0.396 e. The van der Waals surface area contributed by atoms with Gasteiger partial charge in [-0.1, -0.05) is 0 Å². The third-order valence-corrected chi connectivity index (χ3v) is 7.82. The zero-order chi connectivity index (χ0) is 40.9. The molecule has 0 rings (SSSR count). The van der Waals surface area contributed by atoms with Gasteiger partial charge in [-0.05, 0) is 89.9 Å². The first-order valence-electron chi connectivity index (χ1n) is 22.1. The Hall–Kier alpha value is -0.600. The van der Waals surface area contributed by atoms with Crippen molar-refractivity contribution >= 4 is 0 Å². The van der Waals surface area contributed by atoms with Gasteiger partial charge in [0, 0.05) is 185 Å². The smallest absolute Gasteiger partial charge is 0.0488 e. The second-order valence-corrected chi connectivity index (χ2v) is 13.4. The number of hydrogen-bond acceptors (Lipinski definition) is 15. The molecule has 0 amide bonds. The molecular formula is C42H86O15. The predicted octanol–water partition coefficient (Wildman–Crippen LogP) is 4.65. The summed E-state index contributed by atoms with van der Waals surface area (Å²) in [7, 11) is 0. The monoisotopic (exact) mass is 831 g/mol. The van der Waals surface area contributed by atoms with Crippen LogP contribution in [0.5, 0.6) is 0 Å². The fraction of sp³-hybridized carbons (Fsp3) is 1.00. The fourth-order valence-corrected chi connectivity index (χ4v) is 4.82. The molecule has 0 radical (unpaired) electrons. The van der Waals surface area contributed by atoms with E-state index < -0.39 is 0 Å². The van der Waals surface area contributed by atoms with Crippen molar-refractivity contribution in [2.75, 3.05) is 185 Å². The van der Waals surface area contributed by atoms with Crippen molar-refractivity contribution in [1.82, 2.24) is 0 Å². The summed E-state index contributed by atoms with van der Waals surface area (Å²) >= 11 is 0. The lowest BCUT2D eigenvalue weighted by Crippen LogP contribution is -2.09. The molecule has 0 atom stereocenters. The van der Waals surface area contributed by atoms with Crippen LogP contribution in [0.4, 0.5) is 0 Å². The van der Waals surface area contributed by atoms with E-state index in [1.54, 1.807) is 0 Å². The fourth-order valence-electron chi connectivity index (χ4n) is 4.82. The molecule has 0 fully saturated rings. The van der Waals surface area contributed by atoms with Crippen molar-refractivity contribution in [1.29, 1.82) is 0 Å². The van der Waals surface area contributed by atoms with Crippen LogP contribution in [0.3, 0.4) is 0 Å². The van der Waals surface area contributed by atoms with Gasteiger partial charge in [-0.25, -0.2) is 0 Å². The minimum absolute atomic E-state index is 0.177. The van der Waals surface area contributed by atoms with Crippen LogP contribution in [-0.2, 0) is 61.6 Å². The van der Waals surface area contributed by atoms with Gasteiger partial charge in [-0.3, -0.25) is 0 Å². The molecule has 0 saturated carbocycles. The summed E-state index contributed by atoms with van der Waals surface area (Å²) < 4.78 is 72.7. The molecule has 57 heavy (non-hydrogen) atoms. The molecule has 344 valence electrons. The number of hydrogen-bond donors (Lipinski definition) is 2. The normalized spacial score (nSPS) is 11.7. The molecule has 0 saturated heterocycles. The zero-order valence-corrected chi connectivity index (χ0v) is 35.9. The van der Waals surface area contributed by atoms with E-state index >= 15 is 0 Å². The Balaban J connectivity index is 3.05. The van der Waals surface area contributed by atoms with Gasteiger partial charge >= 0.3 is 0 Å². The van der Waals surface area contributed by atoms with Gasteiger partial charge in [-0.15, -0.1) is 0 Å². The molecule has 0 spiro atoms. The van der Waals surface area contributed by atoms with Crippen LogP contribution in [-0.4, -0.2) is 195 Å². The maximum Gasteiger partial charge on any atom is 0.0488 e. The van der Waals surface area contributed by atoms with Crippen molar-refractivity contribution < 1.29 is 71.8 Å². The van der Waals surface area contributed by atoms with Crippen LogP contribution in [0, 0.1) is 0 Å². The highest BCUT2D eigenvalue weighted by Crippen LogP contribution is 1.97. The first-order valence-corrected chi connectivity index (χ1v) is 22.1. The second kappa shape index (κ2) is 55.4. The minimum atomic E-state index is 0.177. The molecule has 15 nitrogen and oxygen atoms in total. The predicted molar refractivity (Wildman–Crippen MR) is 219 cm³/mol. The van der Waals surface area contributed by atoms with E-state index in [0.29, 0.717) is 185 Å². The summed E-state index contributed by atoms with van der Waals surface area (Å²) in [4.78, 5) is 0. The first kappa shape index (κ1) is 56.4. The Kier molecular flexibility index (Phi) is 54.8. The number of aliphatic hydroxyl groups excluding tert-OH is 2. The van der Waals surface area contributed by atoms with Crippen molar-refractivity contribution in [3.8, 4) is 0 Å². The van der Waals surface area contributed by atoms with Gasteiger partial charge in [0.1, 0.15) is 0 Å². The summed E-state index contributed by atoms with van der Waals surface area (Å²) in [6, 6.07) is 0. The van der Waals surface area contributed by atoms with Gasteiger partial charge < -0.3 is 71.8 Å². The summed E-state index contributed by atoms with van der Waals surface area (Å²) in [6.45, 7) is 18.4. The first-order chi connectivity index (χ1) is 28.4. The van der Waals surface area contributed by atoms with E-state index in [9.17, 15) is 0 Å². The topological polar surface area (TPSA) is 160 Å². The van der Waals surface area contributed by atoms with E-state index in [0.717, 1.165) is 77.0 Å². The third-order valence-electron chi connectivity index (χ3n) is 7.82. The van der Waals surface area contributed by atoms with Crippen molar-refractivity contribution in [3.05, 3.63) is 0 Å². The van der Waals surface area contributed by atoms with Crippen LogP contribution in [0.1, 0.15) is 89.9 Å². The number of rotatable bonds is 54. The lowest BCUT2D eigenvalue weighted by molar-refractivity contribution is 0.0397. The average Bonchev–Trinajstić information content (AvgIpc) is 3.22. The van der Waals surface area contributed by atoms with Crippen molar-refractivity contribution in [2.45, 2.75) is 89.9 Å². The molecular weight excluding hydrogens is 744 g/mol. The molecule has 15 heteroatoms. The molecule has 0 aliphatic rings. The second-order valence-electron chi connectivity index (χ2n) is 13.4. The highest BCUT2D eigenvalue weighted by Gasteiger charge is 1.98. The summed E-state index contributed by atoms with van der Waals surface area (Å²) in [5, 5.41) is 17.4. The van der Waals surface area contributed by atoms with E-state index in [1.165, 1.54) is 0 Å². The molecule has 0 aromatic rings. The lowest BCUT2D eigenvalue weighted by Gasteiger charge is -2.08. The van der Waals surface area contributed by atoms with Crippen LogP contribution in [0.2, 0.25) is 0 Å². The van der Waals surface area contributed by atoms with E-state index in [4.69, 9.17) is 71.8 Å². The van der Waals surface area contributed by atoms with Crippen LogP contribution in [0.25, 0.3) is 0 Å². The average molecular weight is 831 g/mol. The highest BCUT2D eigenvalue weighted by molar-refractivity contribution is 4.45. The van der Waals surface area contributed by atoms with Crippen LogP contribution < -0.4 is 0 Å². The number of ether oxygens (including phenoxy) is 13. The Morgan fingerprint density at radius 3 is 0.316 bits per heavy atom. The van der Waals surface area contributed by atoms with Crippen LogP contribution in [0.15, 0.2) is 0 Å². The van der Waals surface area contributed by atoms with Gasteiger partial charge in [0.05, 0.1) is 0 Å². The number of aliphatic hydroxyl groups is 2. The molecule has 0 heterocycles. The van der Waals surface area contributed by atoms with E-state index in [2.05, 4.69) is 0 Å². The standard InChI is InChI=1S/C42H86O15/c43-15-1-17-45-19-3-21-47-23-5-25-49-27-7-29-51-31-9-33-53-35-11-37-55-39-13-41-57-42-14-40-56-38-12-36-54-34-10-32-52-30-8-28-50-26-6-24-48-22-4-20-46-18-2-16-44/h43-44H,1-42H2. The van der Waals surface area contributed by atoms with Crippen molar-refractivity contribution in [3.63, 3.8) is 0 Å². The minimum Gasteiger partial charge on any atom is -0.396 e. The van der Waals surface area contributed by atoms with Crippen LogP contribution >= 0.6 is 0 Å². The van der Waals surface area contributed by atoms with Gasteiger partial charge in [0.2, 0.25) is 0 Å². The Morgan fingerprint density at radius 1 is 0.140 bits per heavy atom. The quantitative estimate of drug-likeness (QED) is 0.0816. The maximum absolute atomic E-state index is 8.68. The summed E-state index contributed by atoms with van der Waals surface area (Å²) in [5.74, 6) is 0.